The number of aromatic nitrogens is 1. The molecule has 2 aromatic rings. The van der Waals surface area contributed by atoms with Gasteiger partial charge in [-0.2, -0.15) is 0 Å². The number of rotatable bonds is 7. The first-order chi connectivity index (χ1) is 14.5. The molecule has 1 aliphatic heterocycles. The summed E-state index contributed by atoms with van der Waals surface area (Å²) >= 11 is 0. The Balaban J connectivity index is 1.56. The van der Waals surface area contributed by atoms with E-state index in [0.717, 1.165) is 53.3 Å². The summed E-state index contributed by atoms with van der Waals surface area (Å²) in [5.41, 5.74) is 8.71. The van der Waals surface area contributed by atoms with Crippen LogP contribution in [0.5, 0.6) is 0 Å². The van der Waals surface area contributed by atoms with Gasteiger partial charge in [-0.05, 0) is 61.8 Å². The first kappa shape index (κ1) is 20.8. The summed E-state index contributed by atoms with van der Waals surface area (Å²) in [5, 5.41) is 5.62. The van der Waals surface area contributed by atoms with Crippen molar-refractivity contribution in [1.29, 1.82) is 0 Å². The monoisotopic (exact) mass is 427 g/mol. The van der Waals surface area contributed by atoms with Crippen LogP contribution >= 0.6 is 0 Å². The Morgan fingerprint density at radius 3 is 2.73 bits per heavy atom. The third-order valence-electron chi connectivity index (χ3n) is 5.80. The van der Waals surface area contributed by atoms with Crippen molar-refractivity contribution in [2.45, 2.75) is 43.9 Å². The number of allylic oxidation sites excluding steroid dienone is 1. The number of nitrogens with zero attached hydrogens (tertiary/aromatic N) is 3. The highest BCUT2D eigenvalue weighted by Gasteiger charge is 2.41. The summed E-state index contributed by atoms with van der Waals surface area (Å²) in [5.74, 6) is 0. The first-order valence-electron chi connectivity index (χ1n) is 10.6. The second-order valence-corrected chi connectivity index (χ2v) is 10.1. The number of pyridine rings is 1. The zero-order valence-electron chi connectivity index (χ0n) is 17.3. The summed E-state index contributed by atoms with van der Waals surface area (Å²) in [6.07, 6.45) is 10.2. The van der Waals surface area contributed by atoms with Gasteiger partial charge in [0, 0.05) is 67.1 Å². The van der Waals surface area contributed by atoms with E-state index in [9.17, 15) is 8.42 Å². The lowest BCUT2D eigenvalue weighted by Gasteiger charge is -2.32. The fourth-order valence-electron chi connectivity index (χ4n) is 3.94. The minimum Gasteiger partial charge on any atom is -0.404 e. The van der Waals surface area contributed by atoms with E-state index in [4.69, 9.17) is 5.73 Å². The molecule has 0 spiro atoms. The van der Waals surface area contributed by atoms with E-state index in [0.29, 0.717) is 19.6 Å². The lowest BCUT2D eigenvalue weighted by atomic mass is 10.00. The van der Waals surface area contributed by atoms with Crippen molar-refractivity contribution in [2.24, 2.45) is 10.7 Å². The standard InChI is InChI=1S/C22H29N5O2S/c1-2-24-14-18(13-23)17-11-16-5-8-25-15-21(16)22(12-17)26-19-6-9-27(10-7-19)30(28,29)20-3-4-20/h5,8,11-15,19-20,26H,2-4,6-7,9-10,23H2,1H3/b18-13+,24-14?. The SMILES string of the molecule is CCN=C/C(=C\N)c1cc(NC2CCN(S(=O)(=O)C3CC3)CC2)c2cnccc2c1. The number of fused-ring (bicyclic) bond motifs is 1. The predicted octanol–water partition coefficient (Wildman–Crippen LogP) is 2.99. The molecule has 3 N–H and O–H groups in total. The van der Waals surface area contributed by atoms with Gasteiger partial charge in [0.15, 0.2) is 0 Å². The van der Waals surface area contributed by atoms with Gasteiger partial charge in [-0.25, -0.2) is 12.7 Å². The highest BCUT2D eigenvalue weighted by Crippen LogP contribution is 2.33. The smallest absolute Gasteiger partial charge is 0.216 e. The normalized spacial score (nSPS) is 19.6. The molecule has 1 saturated heterocycles. The van der Waals surface area contributed by atoms with E-state index in [1.807, 2.05) is 19.2 Å². The van der Waals surface area contributed by atoms with Crippen LogP contribution in [-0.2, 0) is 10.0 Å². The van der Waals surface area contributed by atoms with Crippen molar-refractivity contribution in [1.82, 2.24) is 9.29 Å². The number of sulfonamides is 1. The number of hydrogen-bond acceptors (Lipinski definition) is 6. The average Bonchev–Trinajstić information content (AvgIpc) is 3.61. The van der Waals surface area contributed by atoms with Crippen LogP contribution in [0.3, 0.4) is 0 Å². The molecule has 1 aromatic carbocycles. The van der Waals surface area contributed by atoms with Crippen LogP contribution in [0.1, 0.15) is 38.2 Å². The summed E-state index contributed by atoms with van der Waals surface area (Å²) in [4.78, 5) is 8.62. The lowest BCUT2D eigenvalue weighted by molar-refractivity contribution is 0.329. The van der Waals surface area contributed by atoms with Gasteiger partial charge >= 0.3 is 0 Å². The molecule has 4 rings (SSSR count). The van der Waals surface area contributed by atoms with E-state index in [1.54, 1.807) is 22.9 Å². The van der Waals surface area contributed by atoms with Crippen molar-refractivity contribution in [3.05, 3.63) is 42.4 Å². The second kappa shape index (κ2) is 8.73. The minimum absolute atomic E-state index is 0.139. The number of hydrogen-bond donors (Lipinski definition) is 2. The Labute approximate surface area is 178 Å². The minimum atomic E-state index is -3.09. The van der Waals surface area contributed by atoms with Crippen molar-refractivity contribution >= 4 is 38.3 Å². The quantitative estimate of drug-likeness (QED) is 0.662. The van der Waals surface area contributed by atoms with Gasteiger partial charge in [0.25, 0.3) is 0 Å². The van der Waals surface area contributed by atoms with Crippen LogP contribution in [0.25, 0.3) is 16.3 Å². The van der Waals surface area contributed by atoms with E-state index >= 15 is 0 Å². The third-order valence-corrected chi connectivity index (χ3v) is 8.20. The van der Waals surface area contributed by atoms with Crippen molar-refractivity contribution in [3.63, 3.8) is 0 Å². The highest BCUT2D eigenvalue weighted by atomic mass is 32.2. The molecule has 30 heavy (non-hydrogen) atoms. The molecule has 2 aliphatic rings. The Kier molecular flexibility index (Phi) is 6.06. The third kappa shape index (κ3) is 4.34. The van der Waals surface area contributed by atoms with Gasteiger partial charge < -0.3 is 11.1 Å². The molecule has 0 radical (unpaired) electrons. The number of piperidine rings is 1. The maximum Gasteiger partial charge on any atom is 0.216 e. The van der Waals surface area contributed by atoms with Crippen LogP contribution in [0.4, 0.5) is 5.69 Å². The Morgan fingerprint density at radius 2 is 2.07 bits per heavy atom. The van der Waals surface area contributed by atoms with E-state index in [2.05, 4.69) is 27.4 Å². The summed E-state index contributed by atoms with van der Waals surface area (Å²) in [6, 6.07) is 6.37. The van der Waals surface area contributed by atoms with Crippen LogP contribution in [0, 0.1) is 0 Å². The van der Waals surface area contributed by atoms with Crippen molar-refractivity contribution in [2.75, 3.05) is 25.0 Å². The molecular formula is C22H29N5O2S. The molecule has 7 nitrogen and oxygen atoms in total. The number of aliphatic imine (C=N–C) groups is 1. The number of nitrogens with two attached hydrogens (primary N) is 1. The van der Waals surface area contributed by atoms with Crippen LogP contribution < -0.4 is 11.1 Å². The van der Waals surface area contributed by atoms with Gasteiger partial charge in [0.2, 0.25) is 10.0 Å². The van der Waals surface area contributed by atoms with Gasteiger partial charge in [0.1, 0.15) is 0 Å². The average molecular weight is 428 g/mol. The Bertz CT molecular complexity index is 1070. The molecule has 0 amide bonds. The molecule has 0 bridgehead atoms. The van der Waals surface area contributed by atoms with Crippen molar-refractivity contribution < 1.29 is 8.42 Å². The van der Waals surface area contributed by atoms with Gasteiger partial charge in [0.05, 0.1) is 5.25 Å². The summed E-state index contributed by atoms with van der Waals surface area (Å²) in [6.45, 7) is 3.83. The highest BCUT2D eigenvalue weighted by molar-refractivity contribution is 7.90. The molecule has 0 atom stereocenters. The zero-order chi connectivity index (χ0) is 21.1. The number of nitrogens with one attached hydrogen (secondary N) is 1. The first-order valence-corrected chi connectivity index (χ1v) is 12.1. The molecule has 8 heteroatoms. The number of benzene rings is 1. The Hall–Kier alpha value is -2.45. The maximum absolute atomic E-state index is 12.5. The number of anilines is 1. The van der Waals surface area contributed by atoms with Crippen LogP contribution in [0.15, 0.2) is 41.8 Å². The largest absolute Gasteiger partial charge is 0.404 e. The molecule has 1 saturated carbocycles. The molecule has 1 aliphatic carbocycles. The lowest BCUT2D eigenvalue weighted by Crippen LogP contribution is -2.43. The van der Waals surface area contributed by atoms with Gasteiger partial charge in [-0.15, -0.1) is 0 Å². The topological polar surface area (TPSA) is 101 Å². The molecule has 2 heterocycles. The Morgan fingerprint density at radius 1 is 1.30 bits per heavy atom. The zero-order valence-corrected chi connectivity index (χ0v) is 18.1. The molecule has 2 fully saturated rings. The van der Waals surface area contributed by atoms with Gasteiger partial charge in [-0.1, -0.05) is 0 Å². The summed E-state index contributed by atoms with van der Waals surface area (Å²) < 4.78 is 26.7. The fourth-order valence-corrected chi connectivity index (χ4v) is 5.81. The molecule has 0 unspecified atom stereocenters. The second-order valence-electron chi connectivity index (χ2n) is 7.93. The summed E-state index contributed by atoms with van der Waals surface area (Å²) in [7, 11) is -3.09. The van der Waals surface area contributed by atoms with E-state index < -0.39 is 10.0 Å². The molecular weight excluding hydrogens is 398 g/mol. The molecule has 160 valence electrons. The molecule has 1 aromatic heterocycles. The van der Waals surface area contributed by atoms with E-state index in [-0.39, 0.29) is 11.3 Å². The van der Waals surface area contributed by atoms with Gasteiger partial charge in [-0.3, -0.25) is 9.98 Å². The maximum atomic E-state index is 12.5. The predicted molar refractivity (Wildman–Crippen MR) is 123 cm³/mol. The van der Waals surface area contributed by atoms with Crippen LogP contribution in [-0.4, -0.2) is 54.8 Å². The van der Waals surface area contributed by atoms with E-state index in [1.165, 1.54) is 0 Å². The fraction of sp³-hybridized carbons (Fsp3) is 0.455. The van der Waals surface area contributed by atoms with Crippen LogP contribution in [0.2, 0.25) is 0 Å². The van der Waals surface area contributed by atoms with Crippen molar-refractivity contribution in [3.8, 4) is 0 Å².